The van der Waals surface area contributed by atoms with Gasteiger partial charge in [0.2, 0.25) is 11.8 Å². The zero-order valence-corrected chi connectivity index (χ0v) is 14.2. The molecule has 0 radical (unpaired) electrons. The first kappa shape index (κ1) is 17.2. The van der Waals surface area contributed by atoms with Crippen LogP contribution >= 0.6 is 0 Å². The number of nitrogens with zero attached hydrogens (tertiary/aromatic N) is 2. The number of benzene rings is 1. The number of carbonyl (C=O) groups excluding carboxylic acids is 3. The molecule has 2 heterocycles. The van der Waals surface area contributed by atoms with Gasteiger partial charge in [0.05, 0.1) is 13.2 Å². The Hall–Kier alpha value is -2.61. The van der Waals surface area contributed by atoms with Crippen molar-refractivity contribution in [3.05, 3.63) is 29.8 Å². The van der Waals surface area contributed by atoms with E-state index in [1.807, 2.05) is 24.3 Å². The number of hydrogen-bond acceptors (Lipinski definition) is 5. The van der Waals surface area contributed by atoms with Gasteiger partial charge in [-0.05, 0) is 6.07 Å². The fourth-order valence-corrected chi connectivity index (χ4v) is 3.23. The van der Waals surface area contributed by atoms with Crippen molar-refractivity contribution < 1.29 is 19.1 Å². The van der Waals surface area contributed by atoms with Gasteiger partial charge in [-0.1, -0.05) is 18.2 Å². The van der Waals surface area contributed by atoms with E-state index in [4.69, 9.17) is 4.74 Å². The molecular formula is C17H22N4O4. The fraction of sp³-hybridized carbons (Fsp3) is 0.471. The number of carbonyl (C=O) groups is 3. The van der Waals surface area contributed by atoms with E-state index in [-0.39, 0.29) is 37.4 Å². The first-order chi connectivity index (χ1) is 12.1. The Balaban J connectivity index is 1.75. The quantitative estimate of drug-likeness (QED) is 0.808. The zero-order chi connectivity index (χ0) is 17.8. The molecule has 1 aromatic carbocycles. The molecule has 8 nitrogen and oxygen atoms in total. The molecule has 0 aromatic heterocycles. The van der Waals surface area contributed by atoms with Crippen LogP contribution in [0, 0.1) is 0 Å². The summed E-state index contributed by atoms with van der Waals surface area (Å²) in [5.74, 6) is 0.292. The van der Waals surface area contributed by atoms with Crippen molar-refractivity contribution in [2.24, 2.45) is 0 Å². The second-order valence-electron chi connectivity index (χ2n) is 6.07. The molecule has 2 aliphatic heterocycles. The minimum Gasteiger partial charge on any atom is -0.496 e. The lowest BCUT2D eigenvalue weighted by Gasteiger charge is -2.38. The number of piperazine rings is 1. The average Bonchev–Trinajstić information content (AvgIpc) is 2.64. The first-order valence-corrected chi connectivity index (χ1v) is 8.32. The summed E-state index contributed by atoms with van der Waals surface area (Å²) < 4.78 is 5.43. The molecule has 25 heavy (non-hydrogen) atoms. The van der Waals surface area contributed by atoms with Crippen LogP contribution in [0.3, 0.4) is 0 Å². The molecule has 2 fully saturated rings. The van der Waals surface area contributed by atoms with Crippen molar-refractivity contribution in [2.75, 3.05) is 39.8 Å². The number of ether oxygens (including phenoxy) is 1. The van der Waals surface area contributed by atoms with E-state index < -0.39 is 6.03 Å². The van der Waals surface area contributed by atoms with Gasteiger partial charge in [0.25, 0.3) is 0 Å². The van der Waals surface area contributed by atoms with Crippen LogP contribution in [0.15, 0.2) is 24.3 Å². The van der Waals surface area contributed by atoms with Crippen molar-refractivity contribution in [2.45, 2.75) is 12.5 Å². The van der Waals surface area contributed by atoms with Gasteiger partial charge in [-0.2, -0.15) is 0 Å². The van der Waals surface area contributed by atoms with Gasteiger partial charge in [0.1, 0.15) is 12.3 Å². The Labute approximate surface area is 146 Å². The number of hydrogen-bond donors (Lipinski definition) is 2. The van der Waals surface area contributed by atoms with Gasteiger partial charge in [-0.25, -0.2) is 4.79 Å². The second-order valence-corrected chi connectivity index (χ2v) is 6.07. The SMILES string of the molecule is COc1ccccc1C1CNCCN1C(=O)CN1CCC(=O)NC1=O. The van der Waals surface area contributed by atoms with E-state index >= 15 is 0 Å². The Morgan fingerprint density at radius 1 is 1.28 bits per heavy atom. The largest absolute Gasteiger partial charge is 0.496 e. The van der Waals surface area contributed by atoms with Crippen LogP contribution in [-0.4, -0.2) is 67.5 Å². The Morgan fingerprint density at radius 3 is 2.84 bits per heavy atom. The summed E-state index contributed by atoms with van der Waals surface area (Å²) in [6.45, 7) is 2.10. The third-order valence-corrected chi connectivity index (χ3v) is 4.53. The number of imide groups is 1. The number of methoxy groups -OCH3 is 1. The van der Waals surface area contributed by atoms with E-state index in [9.17, 15) is 14.4 Å². The van der Waals surface area contributed by atoms with E-state index in [0.717, 1.165) is 11.3 Å². The van der Waals surface area contributed by atoms with Gasteiger partial charge in [-0.3, -0.25) is 14.9 Å². The molecule has 2 aliphatic rings. The topological polar surface area (TPSA) is 91.0 Å². The predicted octanol–water partition coefficient (Wildman–Crippen LogP) is 0.110. The summed E-state index contributed by atoms with van der Waals surface area (Å²) in [7, 11) is 1.61. The van der Waals surface area contributed by atoms with Gasteiger partial charge >= 0.3 is 6.03 Å². The number of nitrogens with one attached hydrogen (secondary N) is 2. The molecule has 0 aliphatic carbocycles. The van der Waals surface area contributed by atoms with Gasteiger partial charge in [0, 0.05) is 38.2 Å². The van der Waals surface area contributed by atoms with Crippen molar-refractivity contribution in [1.29, 1.82) is 0 Å². The van der Waals surface area contributed by atoms with Gasteiger partial charge in [0.15, 0.2) is 0 Å². The molecule has 0 bridgehead atoms. The molecule has 0 saturated carbocycles. The highest BCUT2D eigenvalue weighted by molar-refractivity contribution is 5.98. The molecule has 0 spiro atoms. The first-order valence-electron chi connectivity index (χ1n) is 8.32. The average molecular weight is 346 g/mol. The summed E-state index contributed by atoms with van der Waals surface area (Å²) in [4.78, 5) is 39.1. The Bertz CT molecular complexity index is 678. The van der Waals surface area contributed by atoms with E-state index in [1.54, 1.807) is 12.0 Å². The monoisotopic (exact) mass is 346 g/mol. The lowest BCUT2D eigenvalue weighted by molar-refractivity contribution is -0.136. The van der Waals surface area contributed by atoms with Crippen molar-refractivity contribution in [1.82, 2.24) is 20.4 Å². The number of urea groups is 1. The van der Waals surface area contributed by atoms with Crippen LogP contribution in [0.25, 0.3) is 0 Å². The molecular weight excluding hydrogens is 324 g/mol. The minimum atomic E-state index is -0.506. The van der Waals surface area contributed by atoms with E-state index in [2.05, 4.69) is 10.6 Å². The van der Waals surface area contributed by atoms with Crippen LogP contribution in [0.2, 0.25) is 0 Å². The minimum absolute atomic E-state index is 0.0369. The smallest absolute Gasteiger partial charge is 0.324 e. The van der Waals surface area contributed by atoms with E-state index in [0.29, 0.717) is 19.6 Å². The number of amides is 4. The molecule has 4 amide bonds. The highest BCUT2D eigenvalue weighted by Crippen LogP contribution is 2.30. The molecule has 1 unspecified atom stereocenters. The standard InChI is InChI=1S/C17H22N4O4/c1-25-14-5-3-2-4-12(14)13-10-18-7-9-21(13)16(23)11-20-8-6-15(22)19-17(20)24/h2-5,13,18H,6-11H2,1H3,(H,19,22,24). The summed E-state index contributed by atoms with van der Waals surface area (Å²) in [5.41, 5.74) is 0.934. The summed E-state index contributed by atoms with van der Waals surface area (Å²) >= 11 is 0. The lowest BCUT2D eigenvalue weighted by atomic mass is 10.0. The second kappa shape index (κ2) is 7.52. The fourth-order valence-electron chi connectivity index (χ4n) is 3.23. The van der Waals surface area contributed by atoms with Crippen molar-refractivity contribution in [3.63, 3.8) is 0 Å². The highest BCUT2D eigenvalue weighted by Gasteiger charge is 2.32. The summed E-state index contributed by atoms with van der Waals surface area (Å²) in [6, 6.07) is 6.96. The lowest BCUT2D eigenvalue weighted by Crippen LogP contribution is -2.55. The molecule has 2 N–H and O–H groups in total. The van der Waals surface area contributed by atoms with Crippen LogP contribution in [0.1, 0.15) is 18.0 Å². The van der Waals surface area contributed by atoms with Gasteiger partial charge in [-0.15, -0.1) is 0 Å². The van der Waals surface area contributed by atoms with Crippen LogP contribution in [-0.2, 0) is 9.59 Å². The number of para-hydroxylation sites is 1. The maximum Gasteiger partial charge on any atom is 0.324 e. The van der Waals surface area contributed by atoms with E-state index in [1.165, 1.54) is 4.90 Å². The Morgan fingerprint density at radius 2 is 2.08 bits per heavy atom. The molecule has 1 aromatic rings. The predicted molar refractivity (Wildman–Crippen MR) is 90.0 cm³/mol. The maximum atomic E-state index is 12.8. The Kier molecular flexibility index (Phi) is 5.18. The van der Waals surface area contributed by atoms with Crippen LogP contribution < -0.4 is 15.4 Å². The molecule has 134 valence electrons. The normalized spacial score (nSPS) is 21.1. The van der Waals surface area contributed by atoms with Gasteiger partial charge < -0.3 is 19.9 Å². The van der Waals surface area contributed by atoms with Crippen LogP contribution in [0.4, 0.5) is 4.79 Å². The van der Waals surface area contributed by atoms with Crippen LogP contribution in [0.5, 0.6) is 5.75 Å². The highest BCUT2D eigenvalue weighted by atomic mass is 16.5. The van der Waals surface area contributed by atoms with Crippen molar-refractivity contribution in [3.8, 4) is 5.75 Å². The number of rotatable bonds is 4. The molecule has 3 rings (SSSR count). The molecule has 2 saturated heterocycles. The zero-order valence-electron chi connectivity index (χ0n) is 14.2. The molecule has 8 heteroatoms. The summed E-state index contributed by atoms with van der Waals surface area (Å²) in [6.07, 6.45) is 0.219. The maximum absolute atomic E-state index is 12.8. The third-order valence-electron chi connectivity index (χ3n) is 4.53. The third kappa shape index (κ3) is 3.74. The summed E-state index contributed by atoms with van der Waals surface area (Å²) in [5, 5.41) is 5.54. The molecule has 1 atom stereocenters. The van der Waals surface area contributed by atoms with Crippen molar-refractivity contribution >= 4 is 17.8 Å².